The second-order valence-electron chi connectivity index (χ2n) is 7.25. The van der Waals surface area contributed by atoms with Gasteiger partial charge in [0.1, 0.15) is 6.04 Å². The molecule has 0 aliphatic carbocycles. The monoisotopic (exact) mass is 500 g/mol. The average molecular weight is 502 g/mol. The molecule has 8 heteroatoms. The zero-order chi connectivity index (χ0) is 23.0. The number of hydrogen-bond donors (Lipinski definition) is 1. The maximum Gasteiger partial charge on any atom is 0.243 e. The van der Waals surface area contributed by atoms with Crippen LogP contribution in [0.1, 0.15) is 39.2 Å². The van der Waals surface area contributed by atoms with Crippen LogP contribution in [-0.4, -0.2) is 34.6 Å². The normalized spacial score (nSPS) is 12.8. The van der Waals surface area contributed by atoms with E-state index in [1.807, 2.05) is 39.0 Å². The Bertz CT molecular complexity index is 893. The maximum atomic E-state index is 13.2. The Morgan fingerprint density at radius 1 is 1.00 bits per heavy atom. The van der Waals surface area contributed by atoms with E-state index in [1.54, 1.807) is 29.2 Å². The summed E-state index contributed by atoms with van der Waals surface area (Å²) in [6, 6.07) is 12.0. The quantitative estimate of drug-likeness (QED) is 0.380. The number of nitrogens with one attached hydrogen (secondary N) is 1. The number of halogens is 3. The van der Waals surface area contributed by atoms with E-state index in [-0.39, 0.29) is 30.2 Å². The number of benzene rings is 2. The molecule has 0 bridgehead atoms. The number of carbonyl (C=O) groups is 2. The number of nitrogens with zero attached hydrogens (tertiary/aromatic N) is 1. The van der Waals surface area contributed by atoms with Gasteiger partial charge in [-0.3, -0.25) is 9.59 Å². The molecule has 0 spiro atoms. The summed E-state index contributed by atoms with van der Waals surface area (Å²) in [5.74, 6) is -0.0743. The van der Waals surface area contributed by atoms with Crippen LogP contribution in [0.5, 0.6) is 0 Å². The van der Waals surface area contributed by atoms with Crippen molar-refractivity contribution in [3.05, 3.63) is 63.1 Å². The summed E-state index contributed by atoms with van der Waals surface area (Å²) in [4.78, 5) is 28.7. The molecule has 1 N–H and O–H groups in total. The lowest BCUT2D eigenvalue weighted by Gasteiger charge is -2.31. The molecule has 0 radical (unpaired) electrons. The van der Waals surface area contributed by atoms with Gasteiger partial charge in [-0.25, -0.2) is 0 Å². The Kier molecular flexibility index (Phi) is 10.5. The highest BCUT2D eigenvalue weighted by atomic mass is 35.5. The summed E-state index contributed by atoms with van der Waals surface area (Å²) >= 11 is 19.5. The first kappa shape index (κ1) is 25.9. The summed E-state index contributed by atoms with van der Waals surface area (Å²) in [5.41, 5.74) is 0.814. The van der Waals surface area contributed by atoms with Gasteiger partial charge in [-0.1, -0.05) is 54.7 Å². The molecule has 2 rings (SSSR count). The minimum atomic E-state index is -0.582. The van der Waals surface area contributed by atoms with E-state index in [2.05, 4.69) is 5.32 Å². The predicted octanol–water partition coefficient (Wildman–Crippen LogP) is 6.46. The van der Waals surface area contributed by atoms with Gasteiger partial charge < -0.3 is 10.2 Å². The molecule has 0 aliphatic heterocycles. The van der Waals surface area contributed by atoms with Crippen LogP contribution in [0.3, 0.4) is 0 Å². The molecule has 2 amide bonds. The Labute approximate surface area is 203 Å². The van der Waals surface area contributed by atoms with Crippen molar-refractivity contribution in [2.45, 2.75) is 57.1 Å². The number of hydrogen-bond acceptors (Lipinski definition) is 3. The molecule has 0 heterocycles. The summed E-state index contributed by atoms with van der Waals surface area (Å²) in [6.45, 7) is 6.13. The van der Waals surface area contributed by atoms with Crippen LogP contribution in [0.25, 0.3) is 0 Å². The van der Waals surface area contributed by atoms with Crippen molar-refractivity contribution in [1.82, 2.24) is 10.2 Å². The molecular weight excluding hydrogens is 475 g/mol. The van der Waals surface area contributed by atoms with Crippen molar-refractivity contribution in [1.29, 1.82) is 0 Å². The lowest BCUT2D eigenvalue weighted by atomic mass is 10.1. The van der Waals surface area contributed by atoms with Gasteiger partial charge in [-0.05, 0) is 61.7 Å². The fourth-order valence-electron chi connectivity index (χ4n) is 2.95. The Morgan fingerprint density at radius 2 is 1.68 bits per heavy atom. The number of thioether (sulfide) groups is 1. The van der Waals surface area contributed by atoms with Crippen LogP contribution in [-0.2, 0) is 16.1 Å². The topological polar surface area (TPSA) is 49.4 Å². The van der Waals surface area contributed by atoms with Crippen LogP contribution in [0.15, 0.2) is 47.4 Å². The predicted molar refractivity (Wildman–Crippen MR) is 131 cm³/mol. The third-order valence-electron chi connectivity index (χ3n) is 4.90. The van der Waals surface area contributed by atoms with Crippen molar-refractivity contribution in [3.8, 4) is 0 Å². The van der Waals surface area contributed by atoms with Crippen molar-refractivity contribution in [2.75, 3.05) is 5.75 Å². The van der Waals surface area contributed by atoms with Crippen molar-refractivity contribution in [3.63, 3.8) is 0 Å². The van der Waals surface area contributed by atoms with Gasteiger partial charge in [-0.2, -0.15) is 0 Å². The maximum absolute atomic E-state index is 13.2. The second kappa shape index (κ2) is 12.6. The van der Waals surface area contributed by atoms with Gasteiger partial charge in [0.2, 0.25) is 11.8 Å². The minimum Gasteiger partial charge on any atom is -0.352 e. The highest BCUT2D eigenvalue weighted by Gasteiger charge is 2.29. The highest BCUT2D eigenvalue weighted by molar-refractivity contribution is 8.00. The van der Waals surface area contributed by atoms with Crippen molar-refractivity contribution in [2.24, 2.45) is 0 Å². The van der Waals surface area contributed by atoms with Crippen molar-refractivity contribution >= 4 is 58.4 Å². The van der Waals surface area contributed by atoms with Gasteiger partial charge >= 0.3 is 0 Å². The average Bonchev–Trinajstić information content (AvgIpc) is 2.75. The molecule has 0 fully saturated rings. The SMILES string of the molecule is CC[C@H](C)NC(=O)[C@H](CC)N(Cc1ccc(Cl)c(Cl)c1)C(=O)CSc1ccc(Cl)cc1. The van der Waals surface area contributed by atoms with Crippen molar-refractivity contribution < 1.29 is 9.59 Å². The van der Waals surface area contributed by atoms with Crippen LogP contribution in [0.4, 0.5) is 0 Å². The minimum absolute atomic E-state index is 0.0342. The largest absolute Gasteiger partial charge is 0.352 e. The van der Waals surface area contributed by atoms with E-state index in [9.17, 15) is 9.59 Å². The van der Waals surface area contributed by atoms with E-state index < -0.39 is 6.04 Å². The van der Waals surface area contributed by atoms with E-state index in [4.69, 9.17) is 34.8 Å². The number of amides is 2. The molecule has 0 aromatic heterocycles. The highest BCUT2D eigenvalue weighted by Crippen LogP contribution is 2.25. The van der Waals surface area contributed by atoms with E-state index in [0.29, 0.717) is 21.5 Å². The summed E-state index contributed by atoms with van der Waals surface area (Å²) in [6.07, 6.45) is 1.32. The fraction of sp³-hybridized carbons (Fsp3) is 0.391. The zero-order valence-electron chi connectivity index (χ0n) is 17.8. The zero-order valence-corrected chi connectivity index (χ0v) is 20.9. The number of rotatable bonds is 10. The van der Waals surface area contributed by atoms with Gasteiger partial charge in [-0.15, -0.1) is 11.8 Å². The molecule has 2 aromatic rings. The van der Waals surface area contributed by atoms with Crippen LogP contribution >= 0.6 is 46.6 Å². The molecule has 0 unspecified atom stereocenters. The Balaban J connectivity index is 2.23. The van der Waals surface area contributed by atoms with Crippen LogP contribution < -0.4 is 5.32 Å². The molecule has 168 valence electrons. The third kappa shape index (κ3) is 7.90. The molecule has 0 saturated heterocycles. The molecule has 0 aliphatic rings. The first-order valence-corrected chi connectivity index (χ1v) is 12.3. The first-order valence-electron chi connectivity index (χ1n) is 10.2. The van der Waals surface area contributed by atoms with E-state index in [1.165, 1.54) is 11.8 Å². The molecule has 31 heavy (non-hydrogen) atoms. The Hall–Kier alpha value is -1.40. The lowest BCUT2D eigenvalue weighted by molar-refractivity contribution is -0.139. The van der Waals surface area contributed by atoms with E-state index >= 15 is 0 Å². The van der Waals surface area contributed by atoms with Gasteiger partial charge in [0.15, 0.2) is 0 Å². The lowest BCUT2D eigenvalue weighted by Crippen LogP contribution is -2.51. The van der Waals surface area contributed by atoms with Gasteiger partial charge in [0.25, 0.3) is 0 Å². The summed E-state index contributed by atoms with van der Waals surface area (Å²) in [5, 5.41) is 4.51. The summed E-state index contributed by atoms with van der Waals surface area (Å²) in [7, 11) is 0. The Morgan fingerprint density at radius 3 is 2.26 bits per heavy atom. The molecule has 2 aromatic carbocycles. The molecule has 0 saturated carbocycles. The van der Waals surface area contributed by atoms with Gasteiger partial charge in [0, 0.05) is 22.5 Å². The van der Waals surface area contributed by atoms with Gasteiger partial charge in [0.05, 0.1) is 15.8 Å². The third-order valence-corrected chi connectivity index (χ3v) is 6.89. The summed E-state index contributed by atoms with van der Waals surface area (Å²) < 4.78 is 0. The standard InChI is InChI=1S/C23H27Cl3N2O2S/c1-4-15(3)27-23(30)21(5-2)28(13-16-6-11-19(25)20(26)12-16)22(29)14-31-18-9-7-17(24)8-10-18/h6-12,15,21H,4-5,13-14H2,1-3H3,(H,27,30)/t15-,21-/m0/s1. The second-order valence-corrected chi connectivity index (χ2v) is 9.55. The van der Waals surface area contributed by atoms with Crippen LogP contribution in [0.2, 0.25) is 15.1 Å². The molecule has 4 nitrogen and oxygen atoms in total. The molecular formula is C23H27Cl3N2O2S. The smallest absolute Gasteiger partial charge is 0.243 e. The molecule has 2 atom stereocenters. The first-order chi connectivity index (χ1) is 14.7. The number of carbonyl (C=O) groups excluding carboxylic acids is 2. The fourth-order valence-corrected chi connectivity index (χ4v) is 4.19. The van der Waals surface area contributed by atoms with Crippen LogP contribution in [0, 0.1) is 0 Å². The van der Waals surface area contributed by atoms with E-state index in [0.717, 1.165) is 16.9 Å².